The molecule has 0 bridgehead atoms. The van der Waals surface area contributed by atoms with Gasteiger partial charge in [0.1, 0.15) is 0 Å². The average molecular weight is 110 g/mol. The van der Waals surface area contributed by atoms with Gasteiger partial charge in [-0.1, -0.05) is 12.7 Å². The zero-order valence-corrected chi connectivity index (χ0v) is 5.11. The van der Waals surface area contributed by atoms with Crippen molar-refractivity contribution >= 4 is 5.78 Å². The van der Waals surface area contributed by atoms with Gasteiger partial charge in [-0.25, -0.2) is 0 Å². The lowest BCUT2D eigenvalue weighted by Gasteiger charge is -1.90. The topological polar surface area (TPSA) is 17.1 Å². The molecule has 0 spiro atoms. The van der Waals surface area contributed by atoms with E-state index < -0.39 is 0 Å². The van der Waals surface area contributed by atoms with E-state index in [0.29, 0.717) is 12.0 Å². The van der Waals surface area contributed by atoms with Crippen LogP contribution in [0, 0.1) is 0 Å². The predicted octanol–water partition coefficient (Wildman–Crippen LogP) is 1.71. The highest BCUT2D eigenvalue weighted by Gasteiger charge is 1.94. The van der Waals surface area contributed by atoms with Crippen LogP contribution in [-0.2, 0) is 4.79 Å². The van der Waals surface area contributed by atoms with Crippen LogP contribution in [0.4, 0.5) is 0 Å². The van der Waals surface area contributed by atoms with E-state index in [4.69, 9.17) is 0 Å². The van der Waals surface area contributed by atoms with Gasteiger partial charge in [-0.05, 0) is 18.9 Å². The molecule has 0 heterocycles. The van der Waals surface area contributed by atoms with E-state index in [2.05, 4.69) is 13.2 Å². The first-order chi connectivity index (χ1) is 3.68. The third-order valence-corrected chi connectivity index (χ3v) is 0.889. The molecule has 0 aliphatic carbocycles. The second-order valence-electron chi connectivity index (χ2n) is 1.65. The van der Waals surface area contributed by atoms with E-state index in [0.717, 1.165) is 0 Å². The molecule has 0 fully saturated rings. The van der Waals surface area contributed by atoms with Gasteiger partial charge in [-0.3, -0.25) is 4.79 Å². The summed E-state index contributed by atoms with van der Waals surface area (Å²) in [7, 11) is 0. The van der Waals surface area contributed by atoms with E-state index in [9.17, 15) is 4.79 Å². The molecule has 0 amide bonds. The van der Waals surface area contributed by atoms with Crippen LogP contribution in [0.25, 0.3) is 0 Å². The third kappa shape index (κ3) is 2.35. The smallest absolute Gasteiger partial charge is 0.155 e. The van der Waals surface area contributed by atoms with Gasteiger partial charge in [0, 0.05) is 0 Å². The highest BCUT2D eigenvalue weighted by molar-refractivity contribution is 5.92. The first kappa shape index (κ1) is 7.15. The maximum Gasteiger partial charge on any atom is 0.155 e. The zero-order valence-electron chi connectivity index (χ0n) is 5.11. The fourth-order valence-electron chi connectivity index (χ4n) is 0.318. The molecule has 0 aliphatic heterocycles. The molecule has 0 aromatic heterocycles. The summed E-state index contributed by atoms with van der Waals surface area (Å²) in [4.78, 5) is 10.4. The molecule has 0 aliphatic rings. The number of hydrogen-bond acceptors (Lipinski definition) is 1. The van der Waals surface area contributed by atoms with Crippen molar-refractivity contribution in [1.82, 2.24) is 0 Å². The summed E-state index contributed by atoms with van der Waals surface area (Å²) in [5.41, 5.74) is 0.625. The van der Waals surface area contributed by atoms with Crippen LogP contribution in [-0.4, -0.2) is 5.78 Å². The van der Waals surface area contributed by atoms with E-state index in [-0.39, 0.29) is 5.78 Å². The van der Waals surface area contributed by atoms with Crippen molar-refractivity contribution in [2.45, 2.75) is 13.3 Å². The average Bonchev–Trinajstić information content (AvgIpc) is 1.67. The number of ketones is 1. The normalized spacial score (nSPS) is 8.12. The van der Waals surface area contributed by atoms with Crippen molar-refractivity contribution in [2.24, 2.45) is 0 Å². The Morgan fingerprint density at radius 2 is 2.25 bits per heavy atom. The predicted molar refractivity (Wildman–Crippen MR) is 34.6 cm³/mol. The maximum atomic E-state index is 10.4. The molecule has 0 aromatic rings. The summed E-state index contributed by atoms with van der Waals surface area (Å²) < 4.78 is 0. The molecule has 0 saturated heterocycles. The molecule has 0 atom stereocenters. The van der Waals surface area contributed by atoms with Crippen LogP contribution in [0.2, 0.25) is 0 Å². The van der Waals surface area contributed by atoms with E-state index >= 15 is 0 Å². The van der Waals surface area contributed by atoms with E-state index in [1.807, 2.05) is 0 Å². The Hall–Kier alpha value is -0.850. The van der Waals surface area contributed by atoms with Crippen LogP contribution in [0.3, 0.4) is 0 Å². The molecular formula is C7H10O. The van der Waals surface area contributed by atoms with Crippen molar-refractivity contribution in [1.29, 1.82) is 0 Å². The molecule has 44 valence electrons. The Labute approximate surface area is 49.7 Å². The van der Waals surface area contributed by atoms with Crippen LogP contribution >= 0.6 is 0 Å². The summed E-state index contributed by atoms with van der Waals surface area (Å²) in [6.07, 6.45) is 2.28. The maximum absolute atomic E-state index is 10.4. The Bertz CT molecular complexity index is 122. The lowest BCUT2D eigenvalue weighted by atomic mass is 10.1. The van der Waals surface area contributed by atoms with Crippen LogP contribution in [0.15, 0.2) is 24.8 Å². The first-order valence-electron chi connectivity index (χ1n) is 2.48. The highest BCUT2D eigenvalue weighted by Crippen LogP contribution is 1.97. The molecule has 1 heteroatoms. The zero-order chi connectivity index (χ0) is 6.57. The molecule has 0 N–H and O–H groups in total. The van der Waals surface area contributed by atoms with Crippen LogP contribution in [0.5, 0.6) is 0 Å². The van der Waals surface area contributed by atoms with Gasteiger partial charge in [0.25, 0.3) is 0 Å². The number of rotatable bonds is 3. The third-order valence-electron chi connectivity index (χ3n) is 0.889. The van der Waals surface area contributed by atoms with Gasteiger partial charge in [0.15, 0.2) is 5.78 Å². The summed E-state index contributed by atoms with van der Waals surface area (Å²) in [6, 6.07) is 0. The second kappa shape index (κ2) is 3.19. The quantitative estimate of drug-likeness (QED) is 0.399. The van der Waals surface area contributed by atoms with Crippen LogP contribution < -0.4 is 0 Å². The highest BCUT2D eigenvalue weighted by atomic mass is 16.1. The lowest BCUT2D eigenvalue weighted by Crippen LogP contribution is -1.91. The molecule has 0 aromatic carbocycles. The SMILES string of the molecule is C=CCC(=C)C(C)=O. The fourth-order valence-corrected chi connectivity index (χ4v) is 0.318. The Morgan fingerprint density at radius 1 is 1.75 bits per heavy atom. The Balaban J connectivity index is 3.65. The van der Waals surface area contributed by atoms with Crippen molar-refractivity contribution < 1.29 is 4.79 Å². The second-order valence-corrected chi connectivity index (χ2v) is 1.65. The molecule has 8 heavy (non-hydrogen) atoms. The Morgan fingerprint density at radius 3 is 2.38 bits per heavy atom. The molecule has 0 unspecified atom stereocenters. The summed E-state index contributed by atoms with van der Waals surface area (Å²) in [5.74, 6) is 0.0462. The minimum atomic E-state index is 0.0462. The van der Waals surface area contributed by atoms with E-state index in [1.165, 1.54) is 6.92 Å². The fraction of sp³-hybridized carbons (Fsp3) is 0.286. The summed E-state index contributed by atoms with van der Waals surface area (Å²) in [6.45, 7) is 8.50. The van der Waals surface area contributed by atoms with Crippen molar-refractivity contribution in [3.05, 3.63) is 24.8 Å². The molecule has 1 nitrogen and oxygen atoms in total. The summed E-state index contributed by atoms with van der Waals surface area (Å²) >= 11 is 0. The number of allylic oxidation sites excluding steroid dienone is 2. The number of carbonyl (C=O) groups is 1. The van der Waals surface area contributed by atoms with Gasteiger partial charge >= 0.3 is 0 Å². The van der Waals surface area contributed by atoms with Crippen LogP contribution in [0.1, 0.15) is 13.3 Å². The lowest BCUT2D eigenvalue weighted by molar-refractivity contribution is -0.113. The van der Waals surface area contributed by atoms with Crippen molar-refractivity contribution in [2.75, 3.05) is 0 Å². The molecule has 0 saturated carbocycles. The van der Waals surface area contributed by atoms with Gasteiger partial charge < -0.3 is 0 Å². The molecular weight excluding hydrogens is 100 g/mol. The van der Waals surface area contributed by atoms with Gasteiger partial charge in [0.2, 0.25) is 0 Å². The van der Waals surface area contributed by atoms with Gasteiger partial charge in [0.05, 0.1) is 0 Å². The summed E-state index contributed by atoms with van der Waals surface area (Å²) in [5, 5.41) is 0. The minimum absolute atomic E-state index is 0.0462. The van der Waals surface area contributed by atoms with Crippen molar-refractivity contribution in [3.63, 3.8) is 0 Å². The van der Waals surface area contributed by atoms with Gasteiger partial charge in [-0.15, -0.1) is 6.58 Å². The van der Waals surface area contributed by atoms with E-state index in [1.54, 1.807) is 6.08 Å². The molecule has 0 radical (unpaired) electrons. The van der Waals surface area contributed by atoms with Crippen molar-refractivity contribution in [3.8, 4) is 0 Å². The number of carbonyl (C=O) groups excluding carboxylic acids is 1. The minimum Gasteiger partial charge on any atom is -0.295 e. The number of Topliss-reactive ketones (excluding diaryl/α,β-unsaturated/α-hetero) is 1. The van der Waals surface area contributed by atoms with Gasteiger partial charge in [-0.2, -0.15) is 0 Å². The monoisotopic (exact) mass is 110 g/mol. The largest absolute Gasteiger partial charge is 0.295 e. The Kier molecular flexibility index (Phi) is 2.85. The first-order valence-corrected chi connectivity index (χ1v) is 2.48. The standard InChI is InChI=1S/C7H10O/c1-4-5-6(2)7(3)8/h4H,1-2,5H2,3H3. The molecule has 0 rings (SSSR count). The number of hydrogen-bond donors (Lipinski definition) is 0.